The molecular weight excluding hydrogens is 1390 g/mol. The largest absolute Gasteiger partial charge is 0.743 e. The Kier molecular flexibility index (Phi) is 16.6. The number of hydrogen-bond donors (Lipinski definition) is 2. The number of nitrogens with zero attached hydrogens (tertiary/aromatic N) is 8. The summed E-state index contributed by atoms with van der Waals surface area (Å²) >= 11 is 25.6. The van der Waals surface area contributed by atoms with E-state index in [1.807, 2.05) is 0 Å². The Morgan fingerprint density at radius 2 is 1.12 bits per heavy atom. The number of para-hydroxylation sites is 4. The van der Waals surface area contributed by atoms with Crippen LogP contribution >= 0.6 is 46.4 Å². The summed E-state index contributed by atoms with van der Waals surface area (Å²) in [5.74, 6) is -9.64. The van der Waals surface area contributed by atoms with E-state index in [0.717, 1.165) is 12.1 Å². The molecular formula is C55H28B2Cl4F9N9O11S3. The zero-order valence-corrected chi connectivity index (χ0v) is 51.2. The van der Waals surface area contributed by atoms with Crippen LogP contribution in [0.5, 0.6) is 28.7 Å². The summed E-state index contributed by atoms with van der Waals surface area (Å²) in [6.07, 6.45) is 2.38. The van der Waals surface area contributed by atoms with Crippen LogP contribution in [-0.2, 0) is 30.2 Å². The van der Waals surface area contributed by atoms with Crippen molar-refractivity contribution in [2.75, 3.05) is 0 Å². The number of nitriles is 2. The molecule has 0 saturated carbocycles. The third kappa shape index (κ3) is 11.2. The number of halogens is 13. The molecule has 38 heteroatoms. The number of aromatic hydroxyl groups is 1. The van der Waals surface area contributed by atoms with Crippen LogP contribution in [0.25, 0.3) is 66.5 Å². The number of sulfonamides is 2. The highest BCUT2D eigenvalue weighted by atomic mass is 35.5. The zero-order chi connectivity index (χ0) is 67.3. The Morgan fingerprint density at radius 1 is 0.634 bits per heavy atom. The van der Waals surface area contributed by atoms with Gasteiger partial charge in [0.1, 0.15) is 57.7 Å². The van der Waals surface area contributed by atoms with Crippen molar-refractivity contribution in [1.29, 1.82) is 10.5 Å². The number of rotatable bonds is 16. The minimum Gasteiger partial charge on any atom is -0.541 e. The van der Waals surface area contributed by atoms with Crippen LogP contribution in [0, 0.1) is 29.6 Å². The lowest BCUT2D eigenvalue weighted by molar-refractivity contribution is -0.245. The first-order valence-corrected chi connectivity index (χ1v) is 31.5. The number of phenolic OH excluding ortho intramolecular Hbond substituents is 1. The first-order valence-electron chi connectivity index (χ1n) is 25.7. The van der Waals surface area contributed by atoms with Crippen molar-refractivity contribution in [2.45, 2.75) is 28.9 Å². The maximum Gasteiger partial charge on any atom is 0.743 e. The van der Waals surface area contributed by atoms with E-state index in [9.17, 15) is 54.1 Å². The number of phenols is 1. The minimum absolute atomic E-state index is 0.0133. The fraction of sp³-hybridized carbons (Fsp3) is 0.0909. The molecule has 0 bridgehead atoms. The van der Waals surface area contributed by atoms with Gasteiger partial charge < -0.3 is 32.2 Å². The van der Waals surface area contributed by atoms with Crippen LogP contribution in [0.2, 0.25) is 20.1 Å². The average molecular weight is 1420 g/mol. The van der Waals surface area contributed by atoms with Crippen LogP contribution in [-0.4, -0.2) is 96.1 Å². The number of aromatic nitrogens is 6. The van der Waals surface area contributed by atoms with Gasteiger partial charge in [-0.2, -0.15) is 58.5 Å². The minimum atomic E-state index is -8.14. The quantitative estimate of drug-likeness (QED) is 0.0516. The zero-order valence-electron chi connectivity index (χ0n) is 45.7. The molecule has 4 aromatic heterocycles. The van der Waals surface area contributed by atoms with Gasteiger partial charge in [0.05, 0.1) is 70.9 Å². The van der Waals surface area contributed by atoms with E-state index >= 15 is 26.3 Å². The first kappa shape index (κ1) is 65.5. The van der Waals surface area contributed by atoms with Gasteiger partial charge in [-0.1, -0.05) is 99.1 Å². The van der Waals surface area contributed by atoms with Crippen molar-refractivity contribution in [3.8, 4) is 63.4 Å². The van der Waals surface area contributed by atoms with Gasteiger partial charge in [0.2, 0.25) is 0 Å². The van der Waals surface area contributed by atoms with Crippen LogP contribution in [0.1, 0.15) is 17.0 Å². The van der Waals surface area contributed by atoms with E-state index in [2.05, 4.69) is 26.3 Å². The first-order chi connectivity index (χ1) is 43.6. The SMILES string of the molecule is Cc1ccccc1-c1c2/c(=C(\C#N)c3cnc4cc(Cl)c(Cl)cc4n3)n(B3Oc4ccccc4O3)c(-c3ccc(OS(=O)(=O)C(F)(F)C(F)(F)C(F)(F)S(=O)(=O)NS(=O)(=O)C(F)(F)F)cc3)c2/c(=C(\C#N)c2cnc3cc(Cl)c(Cl)cc3n2)n1BOc1ccccc1O. The Morgan fingerprint density at radius 3 is 1.63 bits per heavy atom. The molecule has 0 fully saturated rings. The summed E-state index contributed by atoms with van der Waals surface area (Å²) < 4.78 is 230. The molecule has 93 heavy (non-hydrogen) atoms. The van der Waals surface area contributed by atoms with Crippen LogP contribution < -0.4 is 33.0 Å². The molecule has 1 aliphatic rings. The highest BCUT2D eigenvalue weighted by Crippen LogP contribution is 2.52. The fourth-order valence-corrected chi connectivity index (χ4v) is 13.7. The smallest absolute Gasteiger partial charge is 0.541 e. The molecule has 0 saturated heterocycles. The molecule has 11 rings (SSSR count). The van der Waals surface area contributed by atoms with Crippen molar-refractivity contribution in [2.24, 2.45) is 0 Å². The lowest BCUT2D eigenvalue weighted by Crippen LogP contribution is -2.64. The standard InChI is InChI=1S/C55H28B2Cl4F9N9O11S3/c1-26-8-2-3-9-29(26)49-47-46(50(78(49)56-87-43-11-5-4-10-42(43)80)30(22-71)40-24-73-36-18-32(58)34(60)20-38(36)75-40)48(27-14-16-28(17-15-27)90-93(85,86)54(66,67)52(62,63)53(64,65)91(81,82)77-92(83,84)55(68,69)70)79(57-88-44-12-6-7-13-45(44)89-57)51(47)31(23-72)41-25-74-37-19-33(59)35(61)21-39(37)76-41/h2-21,24-25,56,77,80H,1H3/b50-30-,51-31-. The van der Waals surface area contributed by atoms with E-state index in [1.54, 1.807) is 43.3 Å². The van der Waals surface area contributed by atoms with Crippen molar-refractivity contribution in [1.82, 2.24) is 33.0 Å². The molecule has 20 nitrogen and oxygen atoms in total. The Balaban J connectivity index is 1.27. The number of alkyl halides is 9. The van der Waals surface area contributed by atoms with Gasteiger partial charge in [-0.25, -0.2) is 26.8 Å². The van der Waals surface area contributed by atoms with E-state index in [1.165, 1.54) is 82.0 Å². The summed E-state index contributed by atoms with van der Waals surface area (Å²) in [5.41, 5.74) is -7.10. The normalized spacial score (nSPS) is 13.9. The molecule has 0 aliphatic carbocycles. The maximum absolute atomic E-state index is 15.6. The van der Waals surface area contributed by atoms with Gasteiger partial charge in [-0.05, 0) is 90.8 Å². The summed E-state index contributed by atoms with van der Waals surface area (Å²) in [6, 6.07) is 31.0. The molecule has 2 N–H and O–H groups in total. The number of benzene rings is 6. The number of aryl methyl sites for hydroxylation is 1. The number of hydrogen-bond acceptors (Lipinski definition) is 17. The summed E-state index contributed by atoms with van der Waals surface area (Å²) in [6.45, 7) is 1.69. The number of fused-ring (bicyclic) bond motifs is 4. The van der Waals surface area contributed by atoms with Crippen molar-refractivity contribution >= 4 is 135 Å². The van der Waals surface area contributed by atoms with Gasteiger partial charge in [0.15, 0.2) is 5.75 Å². The van der Waals surface area contributed by atoms with Crippen molar-refractivity contribution in [3.05, 3.63) is 181 Å². The van der Waals surface area contributed by atoms with E-state index in [4.69, 9.17) is 70.3 Å². The third-order valence-electron chi connectivity index (χ3n) is 14.0. The maximum atomic E-state index is 15.6. The third-order valence-corrected chi connectivity index (χ3v) is 20.0. The molecule has 10 aromatic rings. The highest BCUT2D eigenvalue weighted by Gasteiger charge is 2.83. The Hall–Kier alpha value is -8.99. The summed E-state index contributed by atoms with van der Waals surface area (Å²) in [4.78, 5) is 18.6. The van der Waals surface area contributed by atoms with Gasteiger partial charge >= 0.3 is 57.0 Å². The second-order valence-corrected chi connectivity index (χ2v) is 26.6. The topological polar surface area (TPSA) is 281 Å². The highest BCUT2D eigenvalue weighted by molar-refractivity contribution is 8.05. The van der Waals surface area contributed by atoms with Crippen LogP contribution in [0.4, 0.5) is 39.5 Å². The average Bonchev–Trinajstić information content (AvgIpc) is 1.40. The molecule has 0 amide bonds. The van der Waals surface area contributed by atoms with E-state index in [-0.39, 0.29) is 126 Å². The van der Waals surface area contributed by atoms with E-state index in [0.29, 0.717) is 23.3 Å². The molecule has 0 radical (unpaired) electrons. The summed E-state index contributed by atoms with van der Waals surface area (Å²) in [5, 5.41) is 19.1. The van der Waals surface area contributed by atoms with Gasteiger partial charge in [-0.15, -0.1) is 0 Å². The second kappa shape index (κ2) is 23.5. The lowest BCUT2D eigenvalue weighted by atomic mass is 10.00. The van der Waals surface area contributed by atoms with Crippen molar-refractivity contribution < 1.29 is 88.0 Å². The lowest BCUT2D eigenvalue weighted by Gasteiger charge is -2.31. The monoisotopic (exact) mass is 1420 g/mol. The fourth-order valence-electron chi connectivity index (χ4n) is 9.69. The van der Waals surface area contributed by atoms with Gasteiger partial charge in [0.25, 0.3) is 10.0 Å². The van der Waals surface area contributed by atoms with Crippen molar-refractivity contribution in [3.63, 3.8) is 0 Å². The number of nitrogens with one attached hydrogen (secondary N) is 1. The molecule has 474 valence electrons. The predicted molar refractivity (Wildman–Crippen MR) is 322 cm³/mol. The van der Waals surface area contributed by atoms with Gasteiger partial charge in [0, 0.05) is 22.0 Å². The van der Waals surface area contributed by atoms with E-state index < -0.39 is 76.9 Å². The van der Waals surface area contributed by atoms with Crippen LogP contribution in [0.15, 0.2) is 134 Å². The molecule has 0 unspecified atom stereocenters. The summed E-state index contributed by atoms with van der Waals surface area (Å²) in [7, 11) is -25.9. The van der Waals surface area contributed by atoms with Crippen LogP contribution in [0.3, 0.4) is 0 Å². The molecule has 6 aromatic carbocycles. The molecule has 0 atom stereocenters. The molecule has 5 heterocycles. The van der Waals surface area contributed by atoms with Gasteiger partial charge in [-0.3, -0.25) is 9.97 Å². The second-order valence-electron chi connectivity index (χ2n) is 19.7. The molecule has 0 spiro atoms. The Labute approximate surface area is 537 Å². The predicted octanol–water partition coefficient (Wildman–Crippen LogP) is 10.5. The Bertz CT molecular complexity index is 5390. The molecule has 1 aliphatic heterocycles.